The van der Waals surface area contributed by atoms with Gasteiger partial charge in [0.05, 0.1) is 0 Å². The van der Waals surface area contributed by atoms with Crippen molar-refractivity contribution in [3.8, 4) is 5.75 Å². The van der Waals surface area contributed by atoms with Crippen molar-refractivity contribution in [2.75, 3.05) is 19.6 Å². The monoisotopic (exact) mass is 276 g/mol. The van der Waals surface area contributed by atoms with Crippen molar-refractivity contribution in [3.63, 3.8) is 0 Å². The average molecular weight is 276 g/mol. The van der Waals surface area contributed by atoms with E-state index < -0.39 is 0 Å². The molecule has 0 amide bonds. The van der Waals surface area contributed by atoms with Crippen LogP contribution in [0.1, 0.15) is 37.8 Å². The quantitative estimate of drug-likeness (QED) is 0.919. The Balaban J connectivity index is 1.83. The molecule has 0 unspecified atom stereocenters. The van der Waals surface area contributed by atoms with Gasteiger partial charge in [-0.15, -0.1) is 0 Å². The summed E-state index contributed by atoms with van der Waals surface area (Å²) in [6, 6.07) is 6.36. The zero-order valence-corrected chi connectivity index (χ0v) is 13.3. The third-order valence-electron chi connectivity index (χ3n) is 3.95. The number of benzene rings is 1. The van der Waals surface area contributed by atoms with Crippen LogP contribution in [0.4, 0.5) is 0 Å². The normalized spacial score (nSPS) is 18.2. The van der Waals surface area contributed by atoms with Crippen LogP contribution in [0.2, 0.25) is 0 Å². The van der Waals surface area contributed by atoms with Crippen molar-refractivity contribution in [2.45, 2.75) is 52.2 Å². The van der Waals surface area contributed by atoms with Gasteiger partial charge in [0.15, 0.2) is 0 Å². The molecule has 0 aromatic heterocycles. The molecule has 1 aliphatic rings. The highest BCUT2D eigenvalue weighted by Gasteiger charge is 2.24. The smallest absolute Gasteiger partial charge is 0.120 e. The molecule has 3 heteroatoms. The highest BCUT2D eigenvalue weighted by Crippen LogP contribution is 2.22. The Morgan fingerprint density at radius 3 is 2.40 bits per heavy atom. The standard InChI is InChI=1S/C17H28N2O/c1-13-5-6-16(11-14(13)2)20-15-7-9-19(10-8-15)12-17(3,4)18/h5-6,11,15H,7-10,12,18H2,1-4H3. The van der Waals surface area contributed by atoms with E-state index in [9.17, 15) is 0 Å². The largest absolute Gasteiger partial charge is 0.490 e. The minimum Gasteiger partial charge on any atom is -0.490 e. The van der Waals surface area contributed by atoms with Gasteiger partial charge in [0, 0.05) is 25.2 Å². The molecule has 1 heterocycles. The Hall–Kier alpha value is -1.06. The number of hydrogen-bond acceptors (Lipinski definition) is 3. The highest BCUT2D eigenvalue weighted by atomic mass is 16.5. The first-order chi connectivity index (χ1) is 9.33. The van der Waals surface area contributed by atoms with E-state index in [0.29, 0.717) is 6.10 Å². The minimum atomic E-state index is -0.109. The second-order valence-corrected chi connectivity index (χ2v) is 6.83. The molecule has 3 nitrogen and oxygen atoms in total. The van der Waals surface area contributed by atoms with Crippen molar-refractivity contribution in [2.24, 2.45) is 5.73 Å². The third-order valence-corrected chi connectivity index (χ3v) is 3.95. The molecule has 0 aliphatic carbocycles. The van der Waals surface area contributed by atoms with Gasteiger partial charge in [-0.05, 0) is 63.8 Å². The minimum absolute atomic E-state index is 0.109. The maximum absolute atomic E-state index is 6.11. The Kier molecular flexibility index (Phi) is 4.71. The molecule has 112 valence electrons. The van der Waals surface area contributed by atoms with Crippen molar-refractivity contribution in [3.05, 3.63) is 29.3 Å². The number of rotatable bonds is 4. The summed E-state index contributed by atoms with van der Waals surface area (Å²) in [6.07, 6.45) is 2.51. The zero-order valence-electron chi connectivity index (χ0n) is 13.3. The van der Waals surface area contributed by atoms with Crippen LogP contribution in [0.5, 0.6) is 5.75 Å². The molecule has 1 fully saturated rings. The van der Waals surface area contributed by atoms with E-state index in [1.165, 1.54) is 11.1 Å². The van der Waals surface area contributed by atoms with E-state index in [1.807, 2.05) is 0 Å². The van der Waals surface area contributed by atoms with Crippen LogP contribution in [0.25, 0.3) is 0 Å². The van der Waals surface area contributed by atoms with Crippen molar-refractivity contribution < 1.29 is 4.74 Å². The first-order valence-electron chi connectivity index (χ1n) is 7.59. The molecular formula is C17H28N2O. The number of ether oxygens (including phenoxy) is 1. The van der Waals surface area contributed by atoms with Crippen LogP contribution < -0.4 is 10.5 Å². The highest BCUT2D eigenvalue weighted by molar-refractivity contribution is 5.33. The average Bonchev–Trinajstić information content (AvgIpc) is 2.35. The predicted octanol–water partition coefficient (Wildman–Crippen LogP) is 2.88. The van der Waals surface area contributed by atoms with E-state index in [-0.39, 0.29) is 5.54 Å². The Labute approximate surface area is 123 Å². The molecule has 0 atom stereocenters. The van der Waals surface area contributed by atoms with Gasteiger partial charge in [0.1, 0.15) is 11.9 Å². The first-order valence-corrected chi connectivity index (χ1v) is 7.59. The first kappa shape index (κ1) is 15.3. The van der Waals surface area contributed by atoms with Crippen LogP contribution >= 0.6 is 0 Å². The molecular weight excluding hydrogens is 248 g/mol. The fraction of sp³-hybridized carbons (Fsp3) is 0.647. The molecule has 1 aromatic carbocycles. The summed E-state index contributed by atoms with van der Waals surface area (Å²) in [5.74, 6) is 1.01. The van der Waals surface area contributed by atoms with Gasteiger partial charge in [-0.25, -0.2) is 0 Å². The molecule has 1 aromatic rings. The lowest BCUT2D eigenvalue weighted by Crippen LogP contribution is -2.49. The Morgan fingerprint density at radius 2 is 1.85 bits per heavy atom. The van der Waals surface area contributed by atoms with E-state index in [0.717, 1.165) is 38.2 Å². The topological polar surface area (TPSA) is 38.5 Å². The SMILES string of the molecule is Cc1ccc(OC2CCN(CC(C)(C)N)CC2)cc1C. The number of hydrogen-bond donors (Lipinski definition) is 1. The summed E-state index contributed by atoms with van der Waals surface area (Å²) in [5.41, 5.74) is 8.59. The van der Waals surface area contributed by atoms with Crippen molar-refractivity contribution in [1.82, 2.24) is 4.90 Å². The maximum atomic E-state index is 6.11. The second kappa shape index (κ2) is 6.15. The van der Waals surface area contributed by atoms with E-state index in [2.05, 4.69) is 50.8 Å². The van der Waals surface area contributed by atoms with E-state index >= 15 is 0 Å². The summed E-state index contributed by atoms with van der Waals surface area (Å²) < 4.78 is 6.11. The van der Waals surface area contributed by atoms with Crippen LogP contribution in [0.15, 0.2) is 18.2 Å². The van der Waals surface area contributed by atoms with E-state index in [4.69, 9.17) is 10.5 Å². The number of likely N-dealkylation sites (tertiary alicyclic amines) is 1. The summed E-state index contributed by atoms with van der Waals surface area (Å²) in [5, 5.41) is 0. The summed E-state index contributed by atoms with van der Waals surface area (Å²) in [7, 11) is 0. The lowest BCUT2D eigenvalue weighted by Gasteiger charge is -2.35. The van der Waals surface area contributed by atoms with Crippen LogP contribution in [-0.4, -0.2) is 36.2 Å². The summed E-state index contributed by atoms with van der Waals surface area (Å²) in [4.78, 5) is 2.44. The van der Waals surface area contributed by atoms with Crippen molar-refractivity contribution in [1.29, 1.82) is 0 Å². The van der Waals surface area contributed by atoms with Gasteiger partial charge < -0.3 is 15.4 Å². The van der Waals surface area contributed by atoms with Crippen LogP contribution in [0.3, 0.4) is 0 Å². The number of piperidine rings is 1. The van der Waals surface area contributed by atoms with Gasteiger partial charge in [0.25, 0.3) is 0 Å². The molecule has 0 spiro atoms. The maximum Gasteiger partial charge on any atom is 0.120 e. The third kappa shape index (κ3) is 4.50. The molecule has 2 rings (SSSR count). The summed E-state index contributed by atoms with van der Waals surface area (Å²) in [6.45, 7) is 11.6. The number of aryl methyl sites for hydroxylation is 2. The molecule has 0 radical (unpaired) electrons. The molecule has 20 heavy (non-hydrogen) atoms. The second-order valence-electron chi connectivity index (χ2n) is 6.83. The van der Waals surface area contributed by atoms with Gasteiger partial charge in [-0.1, -0.05) is 6.07 Å². The molecule has 0 bridgehead atoms. The predicted molar refractivity (Wildman–Crippen MR) is 84.3 cm³/mol. The lowest BCUT2D eigenvalue weighted by atomic mass is 10.0. The number of nitrogens with zero attached hydrogens (tertiary/aromatic N) is 1. The molecule has 2 N–H and O–H groups in total. The Morgan fingerprint density at radius 1 is 1.20 bits per heavy atom. The molecule has 0 saturated carbocycles. The van der Waals surface area contributed by atoms with Gasteiger partial charge in [-0.2, -0.15) is 0 Å². The van der Waals surface area contributed by atoms with Gasteiger partial charge in [0.2, 0.25) is 0 Å². The Bertz CT molecular complexity index is 443. The van der Waals surface area contributed by atoms with Crippen molar-refractivity contribution >= 4 is 0 Å². The van der Waals surface area contributed by atoms with Crippen LogP contribution in [0, 0.1) is 13.8 Å². The fourth-order valence-corrected chi connectivity index (χ4v) is 2.74. The van der Waals surface area contributed by atoms with Gasteiger partial charge >= 0.3 is 0 Å². The zero-order chi connectivity index (χ0) is 14.8. The van der Waals surface area contributed by atoms with Gasteiger partial charge in [-0.3, -0.25) is 0 Å². The molecule has 1 aliphatic heterocycles. The lowest BCUT2D eigenvalue weighted by molar-refractivity contribution is 0.0903. The van der Waals surface area contributed by atoms with E-state index in [1.54, 1.807) is 0 Å². The molecule has 1 saturated heterocycles. The summed E-state index contributed by atoms with van der Waals surface area (Å²) >= 11 is 0. The van der Waals surface area contributed by atoms with Crippen LogP contribution in [-0.2, 0) is 0 Å². The fourth-order valence-electron chi connectivity index (χ4n) is 2.74. The number of nitrogens with two attached hydrogens (primary N) is 1.